The number of hydrogen-bond donors (Lipinski definition) is 2. The van der Waals surface area contributed by atoms with Crippen LogP contribution in [0.1, 0.15) is 24.8 Å². The zero-order valence-corrected chi connectivity index (χ0v) is 11.5. The minimum atomic E-state index is -0.755. The zero-order chi connectivity index (χ0) is 13.8. The predicted molar refractivity (Wildman–Crippen MR) is 75.3 cm³/mol. The third-order valence-corrected chi connectivity index (χ3v) is 4.31. The van der Waals surface area contributed by atoms with Crippen molar-refractivity contribution in [1.29, 1.82) is 5.26 Å². The molecule has 0 aliphatic heterocycles. The lowest BCUT2D eigenvalue weighted by atomic mass is 10.0. The van der Waals surface area contributed by atoms with Crippen LogP contribution in [0.25, 0.3) is 0 Å². The SMILES string of the molecule is CSc1cccc(NC2CCCC2C(=O)O)c1C#N. The Morgan fingerprint density at radius 2 is 2.32 bits per heavy atom. The third kappa shape index (κ3) is 2.85. The van der Waals surface area contributed by atoms with Crippen LogP contribution in [0.4, 0.5) is 5.69 Å². The van der Waals surface area contributed by atoms with Crippen molar-refractivity contribution >= 4 is 23.4 Å². The second-order valence-electron chi connectivity index (χ2n) is 4.62. The summed E-state index contributed by atoms with van der Waals surface area (Å²) < 4.78 is 0. The number of thioether (sulfide) groups is 1. The van der Waals surface area contributed by atoms with Crippen LogP contribution < -0.4 is 5.32 Å². The van der Waals surface area contributed by atoms with E-state index < -0.39 is 5.97 Å². The summed E-state index contributed by atoms with van der Waals surface area (Å²) >= 11 is 1.52. The molecule has 0 saturated heterocycles. The maximum absolute atomic E-state index is 11.2. The van der Waals surface area contributed by atoms with Crippen LogP contribution in [-0.4, -0.2) is 23.4 Å². The quantitative estimate of drug-likeness (QED) is 0.827. The molecule has 2 atom stereocenters. The summed E-state index contributed by atoms with van der Waals surface area (Å²) in [4.78, 5) is 12.1. The number of carbonyl (C=O) groups is 1. The highest BCUT2D eigenvalue weighted by atomic mass is 32.2. The van der Waals surface area contributed by atoms with E-state index in [0.29, 0.717) is 12.0 Å². The molecule has 2 N–H and O–H groups in total. The van der Waals surface area contributed by atoms with Gasteiger partial charge in [-0.15, -0.1) is 11.8 Å². The van der Waals surface area contributed by atoms with Crippen molar-refractivity contribution in [1.82, 2.24) is 0 Å². The summed E-state index contributed by atoms with van der Waals surface area (Å²) in [5.74, 6) is -1.11. The Balaban J connectivity index is 2.24. The van der Waals surface area contributed by atoms with Crippen molar-refractivity contribution in [3.05, 3.63) is 23.8 Å². The first-order chi connectivity index (χ1) is 9.17. The maximum atomic E-state index is 11.2. The zero-order valence-electron chi connectivity index (χ0n) is 10.7. The van der Waals surface area contributed by atoms with Crippen LogP contribution in [0.3, 0.4) is 0 Å². The van der Waals surface area contributed by atoms with Crippen molar-refractivity contribution in [2.24, 2.45) is 5.92 Å². The fourth-order valence-corrected chi connectivity index (χ4v) is 3.14. The lowest BCUT2D eigenvalue weighted by Crippen LogP contribution is -2.30. The first-order valence-electron chi connectivity index (χ1n) is 6.23. The summed E-state index contributed by atoms with van der Waals surface area (Å²) in [6, 6.07) is 7.75. The second kappa shape index (κ2) is 5.98. The average Bonchev–Trinajstić information content (AvgIpc) is 2.86. The van der Waals surface area contributed by atoms with Crippen molar-refractivity contribution in [3.63, 3.8) is 0 Å². The number of nitriles is 1. The molecule has 5 heteroatoms. The molecule has 1 fully saturated rings. The maximum Gasteiger partial charge on any atom is 0.308 e. The lowest BCUT2D eigenvalue weighted by Gasteiger charge is -2.20. The van der Waals surface area contributed by atoms with Crippen molar-refractivity contribution in [2.75, 3.05) is 11.6 Å². The monoisotopic (exact) mass is 276 g/mol. The summed E-state index contributed by atoms with van der Waals surface area (Å²) in [6.07, 6.45) is 4.39. The van der Waals surface area contributed by atoms with Gasteiger partial charge in [-0.25, -0.2) is 0 Å². The van der Waals surface area contributed by atoms with Gasteiger partial charge in [0.05, 0.1) is 17.2 Å². The van der Waals surface area contributed by atoms with Crippen molar-refractivity contribution in [2.45, 2.75) is 30.2 Å². The van der Waals surface area contributed by atoms with Gasteiger partial charge in [0.15, 0.2) is 0 Å². The molecule has 0 bridgehead atoms. The van der Waals surface area contributed by atoms with E-state index >= 15 is 0 Å². The van der Waals surface area contributed by atoms with E-state index in [4.69, 9.17) is 0 Å². The highest BCUT2D eigenvalue weighted by molar-refractivity contribution is 7.98. The Bertz CT molecular complexity index is 525. The average molecular weight is 276 g/mol. The minimum Gasteiger partial charge on any atom is -0.481 e. The third-order valence-electron chi connectivity index (χ3n) is 3.53. The minimum absolute atomic E-state index is 0.0818. The van der Waals surface area contributed by atoms with Gasteiger partial charge in [-0.3, -0.25) is 4.79 Å². The van der Waals surface area contributed by atoms with E-state index in [1.165, 1.54) is 11.8 Å². The number of anilines is 1. The molecule has 0 amide bonds. The van der Waals surface area contributed by atoms with Gasteiger partial charge >= 0.3 is 5.97 Å². The summed E-state index contributed by atoms with van der Waals surface area (Å²) in [5.41, 5.74) is 1.35. The van der Waals surface area contributed by atoms with Crippen LogP contribution >= 0.6 is 11.8 Å². The second-order valence-corrected chi connectivity index (χ2v) is 5.47. The van der Waals surface area contributed by atoms with Crippen LogP contribution in [-0.2, 0) is 4.79 Å². The van der Waals surface area contributed by atoms with Gasteiger partial charge in [-0.2, -0.15) is 5.26 Å². The molecule has 1 aromatic carbocycles. The van der Waals surface area contributed by atoms with Crippen LogP contribution in [0, 0.1) is 17.2 Å². The van der Waals surface area contributed by atoms with E-state index in [-0.39, 0.29) is 12.0 Å². The Kier molecular flexibility index (Phi) is 4.33. The van der Waals surface area contributed by atoms with Crippen LogP contribution in [0.5, 0.6) is 0 Å². The Morgan fingerprint density at radius 3 is 2.95 bits per heavy atom. The molecule has 2 rings (SSSR count). The molecule has 19 heavy (non-hydrogen) atoms. The van der Waals surface area contributed by atoms with Gasteiger partial charge in [0.2, 0.25) is 0 Å². The fraction of sp³-hybridized carbons (Fsp3) is 0.429. The molecular weight excluding hydrogens is 260 g/mol. The van der Waals surface area contributed by atoms with E-state index in [0.717, 1.165) is 23.4 Å². The molecule has 1 saturated carbocycles. The Morgan fingerprint density at radius 1 is 1.53 bits per heavy atom. The number of nitrogens with zero attached hydrogens (tertiary/aromatic N) is 1. The summed E-state index contributed by atoms with van der Waals surface area (Å²) in [7, 11) is 0. The number of carboxylic acids is 1. The lowest BCUT2D eigenvalue weighted by molar-refractivity contribution is -0.141. The van der Waals surface area contributed by atoms with E-state index in [9.17, 15) is 15.2 Å². The standard InChI is InChI=1S/C14H16N2O2S/c1-19-13-7-3-6-12(10(13)8-15)16-11-5-2-4-9(11)14(17)18/h3,6-7,9,11,16H,2,4-5H2,1H3,(H,17,18). The van der Waals surface area contributed by atoms with Crippen LogP contribution in [0.15, 0.2) is 23.1 Å². The van der Waals surface area contributed by atoms with Gasteiger partial charge in [-0.05, 0) is 31.2 Å². The molecule has 0 aromatic heterocycles. The highest BCUT2D eigenvalue weighted by Gasteiger charge is 2.33. The van der Waals surface area contributed by atoms with Crippen molar-refractivity contribution < 1.29 is 9.90 Å². The topological polar surface area (TPSA) is 73.1 Å². The van der Waals surface area contributed by atoms with Crippen LogP contribution in [0.2, 0.25) is 0 Å². The molecule has 1 aliphatic carbocycles. The molecule has 1 aliphatic rings. The molecule has 100 valence electrons. The van der Waals surface area contributed by atoms with E-state index in [2.05, 4.69) is 11.4 Å². The van der Waals surface area contributed by atoms with Gasteiger partial charge in [-0.1, -0.05) is 12.5 Å². The number of carboxylic acid groups (broad SMARTS) is 1. The van der Waals surface area contributed by atoms with E-state index in [1.54, 1.807) is 0 Å². The fourth-order valence-electron chi connectivity index (χ4n) is 2.56. The summed E-state index contributed by atoms with van der Waals surface area (Å²) in [6.45, 7) is 0. The highest BCUT2D eigenvalue weighted by Crippen LogP contribution is 2.32. The molecule has 4 nitrogen and oxygen atoms in total. The number of rotatable bonds is 4. The Labute approximate surface area is 116 Å². The molecular formula is C14H16N2O2S. The predicted octanol–water partition coefficient (Wildman–Crippen LogP) is 2.95. The van der Waals surface area contributed by atoms with Crippen molar-refractivity contribution in [3.8, 4) is 6.07 Å². The van der Waals surface area contributed by atoms with Gasteiger partial charge in [0.1, 0.15) is 6.07 Å². The smallest absolute Gasteiger partial charge is 0.308 e. The first-order valence-corrected chi connectivity index (χ1v) is 7.46. The molecule has 0 heterocycles. The molecule has 0 spiro atoms. The van der Waals surface area contributed by atoms with Gasteiger partial charge in [0, 0.05) is 10.9 Å². The van der Waals surface area contributed by atoms with Gasteiger partial charge < -0.3 is 10.4 Å². The number of aliphatic carboxylic acids is 1. The number of benzene rings is 1. The summed E-state index contributed by atoms with van der Waals surface area (Å²) in [5, 5.41) is 21.7. The first kappa shape index (κ1) is 13.8. The number of nitrogens with one attached hydrogen (secondary N) is 1. The molecule has 0 radical (unpaired) electrons. The molecule has 2 unspecified atom stereocenters. The number of hydrogen-bond acceptors (Lipinski definition) is 4. The Hall–Kier alpha value is -1.67. The molecule has 1 aromatic rings. The normalized spacial score (nSPS) is 21.9. The largest absolute Gasteiger partial charge is 0.481 e. The van der Waals surface area contributed by atoms with E-state index in [1.807, 2.05) is 24.5 Å². The van der Waals surface area contributed by atoms with Gasteiger partial charge in [0.25, 0.3) is 0 Å².